The van der Waals surface area contributed by atoms with Crippen LogP contribution < -0.4 is 10.9 Å². The van der Waals surface area contributed by atoms with E-state index in [0.29, 0.717) is 10.6 Å². The number of benzene rings is 2. The zero-order valence-corrected chi connectivity index (χ0v) is 15.8. The molecule has 1 heterocycles. The highest BCUT2D eigenvalue weighted by molar-refractivity contribution is 6.30. The van der Waals surface area contributed by atoms with Crippen LogP contribution in [0.25, 0.3) is 11.4 Å². The number of nitrogens with zero attached hydrogens (tertiary/aromatic N) is 2. The fourth-order valence-corrected chi connectivity index (χ4v) is 2.68. The fraction of sp³-hybridized carbons (Fsp3) is 0.100. The molecule has 0 unspecified atom stereocenters. The molecule has 9 heteroatoms. The molecule has 0 aliphatic rings. The van der Waals surface area contributed by atoms with E-state index in [-0.39, 0.29) is 18.1 Å². The Balaban J connectivity index is 1.84. The Bertz CT molecular complexity index is 1080. The number of hydrogen-bond acceptors (Lipinski definition) is 5. The van der Waals surface area contributed by atoms with Gasteiger partial charge in [0.2, 0.25) is 0 Å². The normalized spacial score (nSPS) is 10.4. The van der Waals surface area contributed by atoms with Gasteiger partial charge in [-0.1, -0.05) is 41.9 Å². The van der Waals surface area contributed by atoms with Crippen LogP contribution in [0.3, 0.4) is 0 Å². The van der Waals surface area contributed by atoms with Crippen LogP contribution in [0, 0.1) is 0 Å². The minimum absolute atomic E-state index is 0.0201. The maximum atomic E-state index is 12.7. The summed E-state index contributed by atoms with van der Waals surface area (Å²) in [5, 5.41) is 12.0. The average molecular weight is 414 g/mol. The lowest BCUT2D eigenvalue weighted by Gasteiger charge is -2.13. The second-order valence-electron chi connectivity index (χ2n) is 5.97. The third kappa shape index (κ3) is 5.20. The van der Waals surface area contributed by atoms with E-state index >= 15 is 0 Å². The van der Waals surface area contributed by atoms with Gasteiger partial charge < -0.3 is 9.84 Å². The fourth-order valence-electron chi connectivity index (χ4n) is 2.56. The predicted molar refractivity (Wildman–Crippen MR) is 107 cm³/mol. The Kier molecular flexibility index (Phi) is 6.25. The number of halogens is 1. The summed E-state index contributed by atoms with van der Waals surface area (Å²) in [6.07, 6.45) is 0.308. The largest absolute Gasteiger partial charge is 0.480 e. The van der Waals surface area contributed by atoms with Crippen molar-refractivity contribution in [2.24, 2.45) is 0 Å². The Morgan fingerprint density at radius 3 is 2.45 bits per heavy atom. The first-order chi connectivity index (χ1) is 13.9. The topological polar surface area (TPSA) is 111 Å². The molecule has 0 bridgehead atoms. The minimum Gasteiger partial charge on any atom is -0.480 e. The lowest BCUT2D eigenvalue weighted by molar-refractivity contribution is -0.137. The maximum absolute atomic E-state index is 12.7. The minimum atomic E-state index is -1.23. The number of aliphatic carboxylic acids is 1. The molecule has 0 saturated heterocycles. The molecular weight excluding hydrogens is 398 g/mol. The molecule has 2 N–H and O–H groups in total. The first-order valence-corrected chi connectivity index (χ1v) is 8.87. The van der Waals surface area contributed by atoms with E-state index in [4.69, 9.17) is 21.4 Å². The van der Waals surface area contributed by atoms with E-state index in [2.05, 4.69) is 10.3 Å². The summed E-state index contributed by atoms with van der Waals surface area (Å²) >= 11 is 5.87. The predicted octanol–water partition coefficient (Wildman–Crippen LogP) is 3.40. The molecular formula is C20H16ClN3O5. The first kappa shape index (κ1) is 20.1. The lowest BCUT2D eigenvalue weighted by Crippen LogP contribution is -2.30. The second kappa shape index (κ2) is 9.03. The molecule has 3 aromatic rings. The van der Waals surface area contributed by atoms with Gasteiger partial charge in [-0.3, -0.25) is 19.5 Å². The van der Waals surface area contributed by atoms with Gasteiger partial charge >= 0.3 is 12.1 Å². The number of hydrogen-bond donors (Lipinski definition) is 2. The number of rotatable bonds is 6. The molecule has 0 saturated carbocycles. The zero-order chi connectivity index (χ0) is 20.8. The van der Waals surface area contributed by atoms with E-state index < -0.39 is 24.2 Å². The molecule has 0 aliphatic carbocycles. The molecule has 2 aromatic carbocycles. The van der Waals surface area contributed by atoms with Gasteiger partial charge in [-0.15, -0.1) is 0 Å². The number of ether oxygens (including phenoxy) is 1. The molecule has 0 fully saturated rings. The van der Waals surface area contributed by atoms with E-state index in [1.54, 1.807) is 48.5 Å². The van der Waals surface area contributed by atoms with E-state index in [1.165, 1.54) is 0 Å². The Morgan fingerprint density at radius 2 is 1.79 bits per heavy atom. The van der Waals surface area contributed by atoms with Gasteiger partial charge in [0.1, 0.15) is 24.7 Å². The van der Waals surface area contributed by atoms with Crippen LogP contribution >= 0.6 is 11.6 Å². The number of amides is 1. The number of aromatic nitrogens is 2. The first-order valence-electron chi connectivity index (χ1n) is 8.49. The van der Waals surface area contributed by atoms with Crippen LogP contribution in [-0.2, 0) is 22.7 Å². The summed E-state index contributed by atoms with van der Waals surface area (Å²) in [4.78, 5) is 40.1. The maximum Gasteiger partial charge on any atom is 0.412 e. The lowest BCUT2D eigenvalue weighted by atomic mass is 10.2. The van der Waals surface area contributed by atoms with Crippen LogP contribution in [0.4, 0.5) is 10.5 Å². The third-order valence-electron chi connectivity index (χ3n) is 3.89. The van der Waals surface area contributed by atoms with Crippen LogP contribution in [0.15, 0.2) is 65.6 Å². The number of carbonyl (C=O) groups excluding carboxylic acids is 1. The number of nitrogens with one attached hydrogen (secondary N) is 1. The SMILES string of the molecule is O=C(O)Cn1c(-c2ccc(Cl)cc2)ncc(NC(=O)OCc2ccccc2)c1=O. The monoisotopic (exact) mass is 413 g/mol. The Hall–Kier alpha value is -3.65. The summed E-state index contributed by atoms with van der Waals surface area (Å²) in [5.74, 6) is -1.09. The number of carboxylic acids is 1. The number of carboxylic acid groups (broad SMARTS) is 1. The standard InChI is InChI=1S/C20H16ClN3O5/c21-15-8-6-14(7-9-15)18-22-10-16(19(27)24(18)11-17(25)26)23-20(28)29-12-13-4-2-1-3-5-13/h1-10H,11-12H2,(H,23,28)(H,25,26). The van der Waals surface area contributed by atoms with Crippen LogP contribution in [0.5, 0.6) is 0 Å². The summed E-state index contributed by atoms with van der Waals surface area (Å²) in [6.45, 7) is -0.606. The van der Waals surface area contributed by atoms with Crippen molar-refractivity contribution in [1.82, 2.24) is 9.55 Å². The van der Waals surface area contributed by atoms with Crippen molar-refractivity contribution in [2.45, 2.75) is 13.2 Å². The van der Waals surface area contributed by atoms with Gasteiger partial charge in [0.15, 0.2) is 0 Å². The second-order valence-corrected chi connectivity index (χ2v) is 6.41. The molecule has 0 aliphatic heterocycles. The van der Waals surface area contributed by atoms with Crippen molar-refractivity contribution in [3.8, 4) is 11.4 Å². The van der Waals surface area contributed by atoms with Crippen LogP contribution in [-0.4, -0.2) is 26.7 Å². The van der Waals surface area contributed by atoms with Gasteiger partial charge in [0.05, 0.1) is 6.20 Å². The van der Waals surface area contributed by atoms with Gasteiger partial charge in [-0.2, -0.15) is 0 Å². The van der Waals surface area contributed by atoms with Crippen molar-refractivity contribution in [1.29, 1.82) is 0 Å². The van der Waals surface area contributed by atoms with Gasteiger partial charge in [-0.05, 0) is 29.8 Å². The summed E-state index contributed by atoms with van der Waals surface area (Å²) in [5.41, 5.74) is 0.374. The smallest absolute Gasteiger partial charge is 0.412 e. The zero-order valence-electron chi connectivity index (χ0n) is 15.0. The molecule has 1 aromatic heterocycles. The van der Waals surface area contributed by atoms with Gasteiger partial charge in [0.25, 0.3) is 5.56 Å². The van der Waals surface area contributed by atoms with E-state index in [0.717, 1.165) is 16.3 Å². The van der Waals surface area contributed by atoms with Gasteiger partial charge in [-0.25, -0.2) is 9.78 Å². The molecule has 0 spiro atoms. The molecule has 1 amide bonds. The molecule has 29 heavy (non-hydrogen) atoms. The molecule has 0 atom stereocenters. The highest BCUT2D eigenvalue weighted by atomic mass is 35.5. The van der Waals surface area contributed by atoms with Crippen LogP contribution in [0.1, 0.15) is 5.56 Å². The quantitative estimate of drug-likeness (QED) is 0.640. The molecule has 0 radical (unpaired) electrons. The van der Waals surface area contributed by atoms with Crippen molar-refractivity contribution in [3.05, 3.63) is 81.7 Å². The molecule has 3 rings (SSSR count). The molecule has 8 nitrogen and oxygen atoms in total. The summed E-state index contributed by atoms with van der Waals surface area (Å²) in [6, 6.07) is 15.4. The van der Waals surface area contributed by atoms with Crippen molar-refractivity contribution >= 4 is 29.4 Å². The van der Waals surface area contributed by atoms with E-state index in [1.807, 2.05) is 6.07 Å². The van der Waals surface area contributed by atoms with Gasteiger partial charge in [0, 0.05) is 10.6 Å². The highest BCUT2D eigenvalue weighted by Gasteiger charge is 2.16. The van der Waals surface area contributed by atoms with Crippen molar-refractivity contribution in [3.63, 3.8) is 0 Å². The third-order valence-corrected chi connectivity index (χ3v) is 4.14. The highest BCUT2D eigenvalue weighted by Crippen LogP contribution is 2.19. The molecule has 148 valence electrons. The number of anilines is 1. The Morgan fingerprint density at radius 1 is 1.10 bits per heavy atom. The average Bonchev–Trinajstić information content (AvgIpc) is 2.71. The summed E-state index contributed by atoms with van der Waals surface area (Å²) in [7, 11) is 0. The number of carbonyl (C=O) groups is 2. The Labute approximate surface area is 170 Å². The van der Waals surface area contributed by atoms with E-state index in [9.17, 15) is 14.4 Å². The van der Waals surface area contributed by atoms with Crippen molar-refractivity contribution < 1.29 is 19.4 Å². The van der Waals surface area contributed by atoms with Crippen molar-refractivity contribution in [2.75, 3.05) is 5.32 Å². The van der Waals surface area contributed by atoms with Crippen LogP contribution in [0.2, 0.25) is 5.02 Å². The summed E-state index contributed by atoms with van der Waals surface area (Å²) < 4.78 is 6.04.